The van der Waals surface area contributed by atoms with Gasteiger partial charge in [-0.2, -0.15) is 0 Å². The number of hydrogen-bond acceptors (Lipinski definition) is 4. The molecule has 5 nitrogen and oxygen atoms in total. The molecule has 0 heterocycles. The van der Waals surface area contributed by atoms with Crippen LogP contribution in [0.5, 0.6) is 5.75 Å². The number of aromatic hydroxyl groups is 1. The summed E-state index contributed by atoms with van der Waals surface area (Å²) in [5.41, 5.74) is -0.0639. The monoisotopic (exact) mass is 326 g/mol. The summed E-state index contributed by atoms with van der Waals surface area (Å²) in [6, 6.07) is 4.38. The Labute approximate surface area is 137 Å². The van der Waals surface area contributed by atoms with Crippen LogP contribution in [0, 0.1) is 11.7 Å². The summed E-state index contributed by atoms with van der Waals surface area (Å²) in [6.07, 6.45) is -0.474. The number of amides is 1. The Bertz CT molecular complexity index is 527. The Morgan fingerprint density at radius 1 is 1.35 bits per heavy atom. The number of hydrogen-bond donors (Lipinski definition) is 3. The number of nitrogens with one attached hydrogen (secondary N) is 2. The highest BCUT2D eigenvalue weighted by Crippen LogP contribution is 2.20. The first-order chi connectivity index (χ1) is 10.6. The second-order valence-electron chi connectivity index (χ2n) is 6.86. The topological polar surface area (TPSA) is 70.6 Å². The molecule has 3 N–H and O–H groups in total. The molecular weight excluding hydrogens is 299 g/mol. The highest BCUT2D eigenvalue weighted by Gasteiger charge is 2.19. The molecule has 1 amide bonds. The molecule has 0 radical (unpaired) electrons. The van der Waals surface area contributed by atoms with Crippen molar-refractivity contribution >= 4 is 6.09 Å². The molecule has 0 aliphatic carbocycles. The maximum absolute atomic E-state index is 13.3. The number of phenols is 1. The van der Waals surface area contributed by atoms with Gasteiger partial charge in [0.05, 0.1) is 0 Å². The third kappa shape index (κ3) is 6.86. The second-order valence-corrected chi connectivity index (χ2v) is 6.86. The highest BCUT2D eigenvalue weighted by atomic mass is 19.1. The fourth-order valence-electron chi connectivity index (χ4n) is 1.99. The van der Waals surface area contributed by atoms with E-state index in [4.69, 9.17) is 4.74 Å². The van der Waals surface area contributed by atoms with E-state index >= 15 is 0 Å². The number of rotatable bonds is 6. The number of para-hydroxylation sites is 1. The molecule has 0 aromatic heterocycles. The number of alkyl carbamates (subject to hydrolysis) is 1. The molecule has 0 fully saturated rings. The predicted octanol–water partition coefficient (Wildman–Crippen LogP) is 3.17. The van der Waals surface area contributed by atoms with Gasteiger partial charge in [0.1, 0.15) is 5.60 Å². The van der Waals surface area contributed by atoms with Crippen LogP contribution >= 0.6 is 0 Å². The number of benzene rings is 1. The van der Waals surface area contributed by atoms with Gasteiger partial charge in [-0.1, -0.05) is 26.0 Å². The van der Waals surface area contributed by atoms with Gasteiger partial charge in [0.15, 0.2) is 11.6 Å². The lowest BCUT2D eigenvalue weighted by Gasteiger charge is -2.25. The van der Waals surface area contributed by atoms with Crippen molar-refractivity contribution in [3.63, 3.8) is 0 Å². The summed E-state index contributed by atoms with van der Waals surface area (Å²) >= 11 is 0. The first kappa shape index (κ1) is 19.2. The van der Waals surface area contributed by atoms with E-state index < -0.39 is 17.5 Å². The number of carbonyl (C=O) groups excluding carboxylic acids is 1. The Balaban J connectivity index is 2.56. The van der Waals surface area contributed by atoms with E-state index in [9.17, 15) is 14.3 Å². The summed E-state index contributed by atoms with van der Waals surface area (Å²) in [7, 11) is 0. The van der Waals surface area contributed by atoms with Gasteiger partial charge in [-0.05, 0) is 32.8 Å². The first-order valence-corrected chi connectivity index (χ1v) is 7.76. The maximum Gasteiger partial charge on any atom is 0.407 e. The second kappa shape index (κ2) is 8.15. The van der Waals surface area contributed by atoms with Gasteiger partial charge in [0, 0.05) is 24.7 Å². The molecule has 6 heteroatoms. The van der Waals surface area contributed by atoms with Crippen molar-refractivity contribution in [1.82, 2.24) is 10.6 Å². The average molecular weight is 326 g/mol. The van der Waals surface area contributed by atoms with Gasteiger partial charge in [-0.15, -0.1) is 0 Å². The first-order valence-electron chi connectivity index (χ1n) is 7.76. The summed E-state index contributed by atoms with van der Waals surface area (Å²) in [6.45, 7) is 10.1. The van der Waals surface area contributed by atoms with Gasteiger partial charge in [0.25, 0.3) is 0 Å². The van der Waals surface area contributed by atoms with E-state index in [2.05, 4.69) is 10.6 Å². The fraction of sp³-hybridized carbons (Fsp3) is 0.588. The van der Waals surface area contributed by atoms with Gasteiger partial charge >= 0.3 is 6.09 Å². The average Bonchev–Trinajstić information content (AvgIpc) is 2.40. The van der Waals surface area contributed by atoms with Crippen LogP contribution in [-0.4, -0.2) is 29.4 Å². The van der Waals surface area contributed by atoms with Gasteiger partial charge in [-0.25, -0.2) is 9.18 Å². The van der Waals surface area contributed by atoms with Crippen molar-refractivity contribution in [2.24, 2.45) is 5.92 Å². The molecule has 0 saturated heterocycles. The molecule has 1 unspecified atom stereocenters. The smallest absolute Gasteiger partial charge is 0.407 e. The largest absolute Gasteiger partial charge is 0.505 e. The van der Waals surface area contributed by atoms with E-state index in [1.165, 1.54) is 6.07 Å². The van der Waals surface area contributed by atoms with Crippen LogP contribution in [0.15, 0.2) is 18.2 Å². The maximum atomic E-state index is 13.3. The number of halogens is 1. The van der Waals surface area contributed by atoms with E-state index in [1.54, 1.807) is 32.9 Å². The lowest BCUT2D eigenvalue weighted by atomic mass is 10.0. The zero-order chi connectivity index (χ0) is 17.6. The predicted molar refractivity (Wildman–Crippen MR) is 87.8 cm³/mol. The summed E-state index contributed by atoms with van der Waals surface area (Å²) in [5, 5.41) is 15.6. The SMILES string of the molecule is CC(C)C(CNC(=O)OC(C)(C)C)NCc1cccc(F)c1O. The zero-order valence-electron chi connectivity index (χ0n) is 14.4. The van der Waals surface area contributed by atoms with Crippen molar-refractivity contribution in [2.75, 3.05) is 6.54 Å². The standard InChI is InChI=1S/C17H27FN2O3/c1-11(2)14(10-20-16(22)23-17(3,4)5)19-9-12-7-6-8-13(18)15(12)21/h6-8,11,14,19,21H,9-10H2,1-5H3,(H,20,22). The Hall–Kier alpha value is -1.82. The highest BCUT2D eigenvalue weighted by molar-refractivity contribution is 5.67. The lowest BCUT2D eigenvalue weighted by Crippen LogP contribution is -2.45. The molecular formula is C17H27FN2O3. The Morgan fingerprint density at radius 3 is 2.57 bits per heavy atom. The van der Waals surface area contributed by atoms with Crippen LogP contribution in [0.25, 0.3) is 0 Å². The van der Waals surface area contributed by atoms with E-state index in [1.807, 2.05) is 13.8 Å². The third-order valence-electron chi connectivity index (χ3n) is 3.29. The van der Waals surface area contributed by atoms with Crippen LogP contribution in [0.3, 0.4) is 0 Å². The zero-order valence-corrected chi connectivity index (χ0v) is 14.4. The molecule has 0 bridgehead atoms. The fourth-order valence-corrected chi connectivity index (χ4v) is 1.99. The summed E-state index contributed by atoms with van der Waals surface area (Å²) < 4.78 is 18.5. The minimum absolute atomic E-state index is 0.0369. The van der Waals surface area contributed by atoms with E-state index in [0.29, 0.717) is 18.7 Å². The lowest BCUT2D eigenvalue weighted by molar-refractivity contribution is 0.0519. The minimum Gasteiger partial charge on any atom is -0.505 e. The van der Waals surface area contributed by atoms with Crippen molar-refractivity contribution < 1.29 is 19.0 Å². The number of phenolic OH excluding ortho intramolecular Hbond substituents is 1. The van der Waals surface area contributed by atoms with Crippen LogP contribution in [-0.2, 0) is 11.3 Å². The molecule has 1 rings (SSSR count). The van der Waals surface area contributed by atoms with Gasteiger partial charge in [0.2, 0.25) is 0 Å². The Kier molecular flexibility index (Phi) is 6.81. The van der Waals surface area contributed by atoms with Crippen molar-refractivity contribution in [3.8, 4) is 5.75 Å². The van der Waals surface area contributed by atoms with Gasteiger partial charge in [-0.3, -0.25) is 0 Å². The van der Waals surface area contributed by atoms with E-state index in [-0.39, 0.29) is 17.7 Å². The molecule has 1 aromatic rings. The molecule has 1 aromatic carbocycles. The molecule has 0 aliphatic rings. The number of ether oxygens (including phenoxy) is 1. The Morgan fingerprint density at radius 2 is 2.00 bits per heavy atom. The van der Waals surface area contributed by atoms with Crippen molar-refractivity contribution in [3.05, 3.63) is 29.6 Å². The van der Waals surface area contributed by atoms with E-state index in [0.717, 1.165) is 0 Å². The number of carbonyl (C=O) groups is 1. The quantitative estimate of drug-likeness (QED) is 0.751. The van der Waals surface area contributed by atoms with Crippen LogP contribution in [0.2, 0.25) is 0 Å². The molecule has 0 aliphatic heterocycles. The third-order valence-corrected chi connectivity index (χ3v) is 3.29. The molecule has 1 atom stereocenters. The molecule has 130 valence electrons. The normalized spacial score (nSPS) is 13.0. The molecule has 0 saturated carbocycles. The summed E-state index contributed by atoms with van der Waals surface area (Å²) in [4.78, 5) is 11.7. The van der Waals surface area contributed by atoms with Gasteiger partial charge < -0.3 is 20.5 Å². The van der Waals surface area contributed by atoms with Crippen LogP contribution in [0.4, 0.5) is 9.18 Å². The van der Waals surface area contributed by atoms with Crippen molar-refractivity contribution in [2.45, 2.75) is 52.8 Å². The van der Waals surface area contributed by atoms with Crippen LogP contribution < -0.4 is 10.6 Å². The van der Waals surface area contributed by atoms with Crippen molar-refractivity contribution in [1.29, 1.82) is 0 Å². The molecule has 0 spiro atoms. The summed E-state index contributed by atoms with van der Waals surface area (Å²) in [5.74, 6) is -0.750. The van der Waals surface area contributed by atoms with Crippen LogP contribution in [0.1, 0.15) is 40.2 Å². The molecule has 23 heavy (non-hydrogen) atoms. The minimum atomic E-state index is -0.641.